The molecule has 0 aromatic carbocycles. The lowest BCUT2D eigenvalue weighted by molar-refractivity contribution is -0.379. The first-order valence-corrected chi connectivity index (χ1v) is 39.7. The second-order valence-electron chi connectivity index (χ2n) is 28.5. The molecular formula is C78H145NO18. The molecule has 0 aromatic rings. The highest BCUT2D eigenvalue weighted by atomic mass is 16.8. The molecule has 3 fully saturated rings. The van der Waals surface area contributed by atoms with Crippen LogP contribution in [0.25, 0.3) is 0 Å². The second kappa shape index (κ2) is 59.4. The van der Waals surface area contributed by atoms with E-state index in [2.05, 4.69) is 43.5 Å². The Morgan fingerprint density at radius 1 is 0.371 bits per heavy atom. The monoisotopic (exact) mass is 1380 g/mol. The van der Waals surface area contributed by atoms with Crippen LogP contribution in [0, 0.1) is 0 Å². The van der Waals surface area contributed by atoms with Crippen molar-refractivity contribution in [2.24, 2.45) is 0 Å². The molecule has 0 aliphatic carbocycles. The molecule has 19 nitrogen and oxygen atoms in total. The Morgan fingerprint density at radius 3 is 1.05 bits per heavy atom. The molecule has 3 rings (SSSR count). The van der Waals surface area contributed by atoms with E-state index in [0.717, 1.165) is 51.4 Å². The van der Waals surface area contributed by atoms with Gasteiger partial charge in [0.2, 0.25) is 5.91 Å². The van der Waals surface area contributed by atoms with Gasteiger partial charge >= 0.3 is 0 Å². The maximum absolute atomic E-state index is 13.5. The van der Waals surface area contributed by atoms with Gasteiger partial charge in [-0.05, 0) is 51.4 Å². The van der Waals surface area contributed by atoms with Crippen molar-refractivity contribution in [3.05, 3.63) is 36.5 Å². The molecule has 3 aliphatic heterocycles. The van der Waals surface area contributed by atoms with E-state index in [9.17, 15) is 61.0 Å². The van der Waals surface area contributed by atoms with Crippen molar-refractivity contribution in [3.63, 3.8) is 0 Å². The van der Waals surface area contributed by atoms with Gasteiger partial charge in [0.05, 0.1) is 38.6 Å². The molecule has 0 saturated carbocycles. The Balaban J connectivity index is 1.38. The number of hydrogen-bond donors (Lipinski definition) is 12. The number of amides is 1. The zero-order valence-corrected chi connectivity index (χ0v) is 60.8. The van der Waals surface area contributed by atoms with Crippen LogP contribution in [0.3, 0.4) is 0 Å². The van der Waals surface area contributed by atoms with Crippen LogP contribution in [-0.4, -0.2) is 193 Å². The van der Waals surface area contributed by atoms with Gasteiger partial charge in [0, 0.05) is 6.42 Å². The van der Waals surface area contributed by atoms with Crippen LogP contribution in [0.1, 0.15) is 322 Å². The number of aliphatic hydroxyl groups excluding tert-OH is 11. The quantitative estimate of drug-likeness (QED) is 0.0199. The number of rotatable bonds is 63. The first-order chi connectivity index (χ1) is 47.3. The summed E-state index contributed by atoms with van der Waals surface area (Å²) >= 11 is 0. The second-order valence-corrected chi connectivity index (χ2v) is 28.5. The van der Waals surface area contributed by atoms with Gasteiger partial charge in [-0.3, -0.25) is 4.79 Å². The number of aliphatic hydroxyl groups is 11. The number of ether oxygens (including phenoxy) is 6. The summed E-state index contributed by atoms with van der Waals surface area (Å²) in [5.41, 5.74) is 0. The van der Waals surface area contributed by atoms with Crippen LogP contribution >= 0.6 is 0 Å². The number of carbonyl (C=O) groups is 1. The molecule has 0 radical (unpaired) electrons. The van der Waals surface area contributed by atoms with Crippen molar-refractivity contribution in [1.82, 2.24) is 5.32 Å². The van der Waals surface area contributed by atoms with Crippen molar-refractivity contribution >= 4 is 5.91 Å². The fraction of sp³-hybridized carbons (Fsp3) is 0.910. The van der Waals surface area contributed by atoms with Crippen LogP contribution < -0.4 is 5.32 Å². The first kappa shape index (κ1) is 89.2. The first-order valence-electron chi connectivity index (χ1n) is 39.7. The highest BCUT2D eigenvalue weighted by molar-refractivity contribution is 5.76. The lowest BCUT2D eigenvalue weighted by Gasteiger charge is -2.48. The normalized spacial score (nSPS) is 27.0. The highest BCUT2D eigenvalue weighted by Gasteiger charge is 2.53. The summed E-state index contributed by atoms with van der Waals surface area (Å²) in [5, 5.41) is 121. The summed E-state index contributed by atoms with van der Waals surface area (Å²) in [6, 6.07) is -0.973. The molecule has 3 saturated heterocycles. The van der Waals surface area contributed by atoms with E-state index in [1.165, 1.54) is 244 Å². The summed E-state index contributed by atoms with van der Waals surface area (Å²) < 4.78 is 34.5. The van der Waals surface area contributed by atoms with Crippen LogP contribution in [-0.2, 0) is 33.2 Å². The summed E-state index contributed by atoms with van der Waals surface area (Å²) in [5.74, 6) is -0.270. The average molecular weight is 1390 g/mol. The third-order valence-corrected chi connectivity index (χ3v) is 19.9. The predicted octanol–water partition coefficient (Wildman–Crippen LogP) is 12.7. The van der Waals surface area contributed by atoms with E-state index in [0.29, 0.717) is 6.42 Å². The summed E-state index contributed by atoms with van der Waals surface area (Å²) in [4.78, 5) is 13.5. The zero-order valence-electron chi connectivity index (χ0n) is 60.8. The smallest absolute Gasteiger partial charge is 0.220 e. The van der Waals surface area contributed by atoms with Crippen LogP contribution in [0.15, 0.2) is 36.5 Å². The number of nitrogens with one attached hydrogen (secondary N) is 1. The molecule has 0 aromatic heterocycles. The minimum absolute atomic E-state index is 0.246. The maximum Gasteiger partial charge on any atom is 0.220 e. The van der Waals surface area contributed by atoms with Crippen molar-refractivity contribution in [3.8, 4) is 0 Å². The van der Waals surface area contributed by atoms with Crippen molar-refractivity contribution in [2.75, 3.05) is 26.4 Å². The molecule has 12 N–H and O–H groups in total. The van der Waals surface area contributed by atoms with E-state index in [1.807, 2.05) is 6.08 Å². The van der Waals surface area contributed by atoms with Crippen molar-refractivity contribution in [2.45, 2.75) is 426 Å². The molecule has 3 heterocycles. The Bertz CT molecular complexity index is 1900. The van der Waals surface area contributed by atoms with E-state index in [4.69, 9.17) is 28.4 Å². The molecule has 1 amide bonds. The van der Waals surface area contributed by atoms with Gasteiger partial charge in [-0.2, -0.15) is 0 Å². The van der Waals surface area contributed by atoms with Gasteiger partial charge in [0.25, 0.3) is 0 Å². The van der Waals surface area contributed by atoms with Gasteiger partial charge in [-0.1, -0.05) is 301 Å². The minimum Gasteiger partial charge on any atom is -0.394 e. The largest absolute Gasteiger partial charge is 0.394 e. The van der Waals surface area contributed by atoms with E-state index in [1.54, 1.807) is 6.08 Å². The maximum atomic E-state index is 13.5. The van der Waals surface area contributed by atoms with E-state index >= 15 is 0 Å². The number of hydrogen-bond acceptors (Lipinski definition) is 18. The van der Waals surface area contributed by atoms with Gasteiger partial charge in [0.15, 0.2) is 18.9 Å². The average Bonchev–Trinajstić information content (AvgIpc) is 0.789. The number of carbonyl (C=O) groups excluding carboxylic acids is 1. The number of unbranched alkanes of at least 4 members (excludes halogenated alkanes) is 43. The van der Waals surface area contributed by atoms with Crippen molar-refractivity contribution in [1.29, 1.82) is 0 Å². The fourth-order valence-electron chi connectivity index (χ4n) is 13.5. The topological polar surface area (TPSA) is 307 Å². The lowest BCUT2D eigenvalue weighted by Crippen LogP contribution is -2.66. The van der Waals surface area contributed by atoms with Gasteiger partial charge in [0.1, 0.15) is 73.2 Å². The van der Waals surface area contributed by atoms with Crippen LogP contribution in [0.2, 0.25) is 0 Å². The zero-order chi connectivity index (χ0) is 70.4. The Morgan fingerprint density at radius 2 is 0.680 bits per heavy atom. The molecule has 0 spiro atoms. The molecule has 3 aliphatic rings. The highest BCUT2D eigenvalue weighted by Crippen LogP contribution is 2.33. The minimum atomic E-state index is -1.98. The van der Waals surface area contributed by atoms with Crippen LogP contribution in [0.5, 0.6) is 0 Å². The molecule has 97 heavy (non-hydrogen) atoms. The van der Waals surface area contributed by atoms with Crippen molar-refractivity contribution < 1.29 is 89.4 Å². The SMILES string of the molecule is CCCCCCC/C=C\C/C=C\CCCCCCCCCCCCCCCCCCCC(=O)NC(COC1OC(CO)C(OC2OC(CO)C(OC3OC(CO)C(O)C(O)C3O)C(O)C2O)C(O)C1O)C(O)/C=C/CCCCCCCCCCCCCCCCCCCCCCC. The third kappa shape index (κ3) is 40.0. The summed E-state index contributed by atoms with van der Waals surface area (Å²) in [6.07, 6.45) is 45.5. The van der Waals surface area contributed by atoms with Gasteiger partial charge in [-0.25, -0.2) is 0 Å². The van der Waals surface area contributed by atoms with Gasteiger partial charge < -0.3 is 89.9 Å². The standard InChI is InChI=1S/C78H145NO18/c1-3-5-7-9-11-13-15-17-19-21-23-25-27-28-29-30-31-32-34-36-38-40-42-44-46-48-50-52-54-56-66(84)79-61(62(83)55-53-51-49-47-45-43-41-39-37-35-33-26-24-22-20-18-16-14-12-10-8-6-4-2)60-92-76-72(90)69(87)74(64(58-81)94-76)97-78-73(91)70(88)75(65(59-82)95-78)96-77-71(89)68(86)67(85)63(57-80)93-77/h15,17,21,23,53,55,61-65,67-78,80-83,85-91H,3-14,16,18-20,22,24-52,54,56-60H2,1-2H3,(H,79,84)/b17-15-,23-21-,55-53+. The number of allylic oxidation sites excluding steroid dienone is 5. The van der Waals surface area contributed by atoms with E-state index < -0.39 is 124 Å². The Kier molecular flexibility index (Phi) is 54.6. The molecule has 0 bridgehead atoms. The third-order valence-electron chi connectivity index (χ3n) is 19.9. The molecule has 570 valence electrons. The Labute approximate surface area is 587 Å². The lowest BCUT2D eigenvalue weighted by atomic mass is 9.96. The fourth-order valence-corrected chi connectivity index (χ4v) is 13.5. The predicted molar refractivity (Wildman–Crippen MR) is 383 cm³/mol. The molecular weight excluding hydrogens is 1240 g/mol. The molecule has 17 unspecified atom stereocenters. The summed E-state index contributed by atoms with van der Waals surface area (Å²) in [7, 11) is 0. The summed E-state index contributed by atoms with van der Waals surface area (Å²) in [6.45, 7) is 1.77. The van der Waals surface area contributed by atoms with E-state index in [-0.39, 0.29) is 18.9 Å². The Hall–Kier alpha value is -1.99. The van der Waals surface area contributed by atoms with Gasteiger partial charge in [-0.15, -0.1) is 0 Å². The molecule has 17 atom stereocenters. The molecule has 19 heteroatoms. The van der Waals surface area contributed by atoms with Crippen LogP contribution in [0.4, 0.5) is 0 Å².